The first-order valence-corrected chi connectivity index (χ1v) is 12.5. The molecule has 4 aromatic rings. The monoisotopic (exact) mass is 518 g/mol. The second kappa shape index (κ2) is 11.5. The van der Waals surface area contributed by atoms with E-state index >= 15 is 0 Å². The standard InChI is InChI=1S/C29H28F2N4O3/c1-37-22-12-9-18(10-13-22)28(36)34-21-11-8-19-15-26(25-7-2-3-14-32-25)35-27(24(19)17-21)33-20-5-4-6-23(16-20)38-29(30)31/h2-8,11,14-18,22,29H,9-10,12-13H2,1H3,(H,33,35)(H,34,36). The summed E-state index contributed by atoms with van der Waals surface area (Å²) in [6.07, 6.45) is 5.23. The molecule has 2 aromatic carbocycles. The van der Waals surface area contributed by atoms with Crippen LogP contribution in [0.4, 0.5) is 26.0 Å². The van der Waals surface area contributed by atoms with Crippen LogP contribution in [0.1, 0.15) is 25.7 Å². The predicted molar refractivity (Wildman–Crippen MR) is 143 cm³/mol. The maximum atomic E-state index is 13.0. The Morgan fingerprint density at radius 3 is 2.53 bits per heavy atom. The van der Waals surface area contributed by atoms with Crippen LogP contribution in [-0.2, 0) is 9.53 Å². The highest BCUT2D eigenvalue weighted by molar-refractivity contribution is 6.00. The summed E-state index contributed by atoms with van der Waals surface area (Å²) in [6.45, 7) is -2.92. The number of aromatic nitrogens is 2. The number of fused-ring (bicyclic) bond motifs is 1. The normalized spacial score (nSPS) is 17.4. The highest BCUT2D eigenvalue weighted by atomic mass is 19.3. The van der Waals surface area contributed by atoms with Crippen LogP contribution in [-0.4, -0.2) is 35.7 Å². The highest BCUT2D eigenvalue weighted by Gasteiger charge is 2.26. The van der Waals surface area contributed by atoms with Crippen molar-refractivity contribution in [2.24, 2.45) is 5.92 Å². The lowest BCUT2D eigenvalue weighted by Crippen LogP contribution is -2.29. The zero-order valence-electron chi connectivity index (χ0n) is 20.9. The Morgan fingerprint density at radius 1 is 0.947 bits per heavy atom. The molecule has 0 atom stereocenters. The molecule has 9 heteroatoms. The van der Waals surface area contributed by atoms with Gasteiger partial charge in [0.2, 0.25) is 5.91 Å². The van der Waals surface area contributed by atoms with Crippen molar-refractivity contribution < 1.29 is 23.0 Å². The number of nitrogens with zero attached hydrogens (tertiary/aromatic N) is 2. The van der Waals surface area contributed by atoms with E-state index in [2.05, 4.69) is 20.4 Å². The van der Waals surface area contributed by atoms with Crippen molar-refractivity contribution in [2.45, 2.75) is 38.4 Å². The molecule has 1 aliphatic carbocycles. The molecule has 1 saturated carbocycles. The summed E-state index contributed by atoms with van der Waals surface area (Å²) in [5.41, 5.74) is 2.52. The van der Waals surface area contributed by atoms with Gasteiger partial charge in [-0.05, 0) is 73.5 Å². The van der Waals surface area contributed by atoms with Crippen LogP contribution in [0, 0.1) is 5.92 Å². The molecule has 1 amide bonds. The Balaban J connectivity index is 1.47. The zero-order valence-corrected chi connectivity index (χ0v) is 20.9. The number of carbonyl (C=O) groups excluding carboxylic acids is 1. The van der Waals surface area contributed by atoms with Gasteiger partial charge in [0.1, 0.15) is 11.6 Å². The van der Waals surface area contributed by atoms with Gasteiger partial charge in [0, 0.05) is 42.1 Å². The van der Waals surface area contributed by atoms with Crippen LogP contribution in [0.15, 0.2) is 72.9 Å². The van der Waals surface area contributed by atoms with Crippen molar-refractivity contribution in [1.29, 1.82) is 0 Å². The van der Waals surface area contributed by atoms with Gasteiger partial charge in [-0.2, -0.15) is 8.78 Å². The molecule has 0 spiro atoms. The molecule has 1 fully saturated rings. The number of carbonyl (C=O) groups is 1. The SMILES string of the molecule is COC1CCC(C(=O)Nc2ccc3cc(-c4ccccn4)nc(Nc4cccc(OC(F)F)c4)c3c2)CC1. The molecule has 0 unspecified atom stereocenters. The Kier molecular flexibility index (Phi) is 7.74. The van der Waals surface area contributed by atoms with Gasteiger partial charge in [-0.25, -0.2) is 4.98 Å². The second-order valence-electron chi connectivity index (χ2n) is 9.24. The van der Waals surface area contributed by atoms with Crippen LogP contribution in [0.25, 0.3) is 22.2 Å². The number of ether oxygens (including phenoxy) is 2. The molecule has 0 bridgehead atoms. The van der Waals surface area contributed by atoms with E-state index in [-0.39, 0.29) is 23.7 Å². The van der Waals surface area contributed by atoms with Crippen LogP contribution < -0.4 is 15.4 Å². The Morgan fingerprint density at radius 2 is 1.79 bits per heavy atom. The molecule has 196 valence electrons. The number of halogens is 2. The maximum absolute atomic E-state index is 13.0. The number of pyridine rings is 2. The first-order chi connectivity index (χ1) is 18.5. The van der Waals surface area contributed by atoms with E-state index in [0.717, 1.165) is 36.5 Å². The lowest BCUT2D eigenvalue weighted by Gasteiger charge is -2.26. The van der Waals surface area contributed by atoms with Crippen molar-refractivity contribution >= 4 is 33.9 Å². The van der Waals surface area contributed by atoms with Gasteiger partial charge >= 0.3 is 6.61 Å². The zero-order chi connectivity index (χ0) is 26.5. The Hall–Kier alpha value is -4.11. The summed E-state index contributed by atoms with van der Waals surface area (Å²) in [4.78, 5) is 22.2. The Bertz CT molecular complexity index is 1410. The third kappa shape index (κ3) is 6.06. The first-order valence-electron chi connectivity index (χ1n) is 12.5. The fourth-order valence-corrected chi connectivity index (χ4v) is 4.76. The van der Waals surface area contributed by atoms with E-state index in [1.807, 2.05) is 42.5 Å². The smallest absolute Gasteiger partial charge is 0.387 e. The minimum Gasteiger partial charge on any atom is -0.435 e. The number of rotatable bonds is 8. The lowest BCUT2D eigenvalue weighted by atomic mass is 9.86. The molecular weight excluding hydrogens is 490 g/mol. The Labute approximate surface area is 219 Å². The van der Waals surface area contributed by atoms with Crippen molar-refractivity contribution in [3.8, 4) is 17.1 Å². The average Bonchev–Trinajstić information content (AvgIpc) is 2.93. The molecule has 0 saturated heterocycles. The quantitative estimate of drug-likeness (QED) is 0.267. The predicted octanol–water partition coefficient (Wildman–Crippen LogP) is 6.79. The maximum Gasteiger partial charge on any atom is 0.387 e. The minimum absolute atomic E-state index is 0.0108. The summed E-state index contributed by atoms with van der Waals surface area (Å²) in [5, 5.41) is 7.92. The van der Waals surface area contributed by atoms with Gasteiger partial charge in [-0.3, -0.25) is 9.78 Å². The number of nitrogens with one attached hydrogen (secondary N) is 2. The molecule has 0 radical (unpaired) electrons. The van der Waals surface area contributed by atoms with E-state index in [4.69, 9.17) is 9.72 Å². The summed E-state index contributed by atoms with van der Waals surface area (Å²) in [7, 11) is 1.71. The van der Waals surface area contributed by atoms with Crippen LogP contribution in [0.2, 0.25) is 0 Å². The average molecular weight is 519 g/mol. The highest BCUT2D eigenvalue weighted by Crippen LogP contribution is 2.33. The number of methoxy groups -OCH3 is 1. The van der Waals surface area contributed by atoms with Crippen LogP contribution in [0.3, 0.4) is 0 Å². The molecule has 1 aliphatic rings. The van der Waals surface area contributed by atoms with E-state index in [9.17, 15) is 13.6 Å². The summed E-state index contributed by atoms with van der Waals surface area (Å²) in [6, 6.07) is 19.4. The van der Waals surface area contributed by atoms with E-state index in [1.54, 1.807) is 25.4 Å². The fourth-order valence-electron chi connectivity index (χ4n) is 4.76. The molecule has 0 aliphatic heterocycles. The van der Waals surface area contributed by atoms with Gasteiger partial charge in [-0.15, -0.1) is 0 Å². The molecule has 7 nitrogen and oxygen atoms in total. The topological polar surface area (TPSA) is 85.4 Å². The largest absolute Gasteiger partial charge is 0.435 e. The fraction of sp³-hybridized carbons (Fsp3) is 0.276. The van der Waals surface area contributed by atoms with Gasteiger partial charge in [0.05, 0.1) is 17.5 Å². The number of hydrogen-bond donors (Lipinski definition) is 2. The van der Waals surface area contributed by atoms with Crippen molar-refractivity contribution in [2.75, 3.05) is 17.7 Å². The molecule has 38 heavy (non-hydrogen) atoms. The lowest BCUT2D eigenvalue weighted by molar-refractivity contribution is -0.121. The van der Waals surface area contributed by atoms with Gasteiger partial charge in [0.25, 0.3) is 0 Å². The molecule has 2 N–H and O–H groups in total. The van der Waals surface area contributed by atoms with Crippen molar-refractivity contribution in [3.05, 3.63) is 72.9 Å². The molecular formula is C29H28F2N4O3. The number of alkyl halides is 2. The van der Waals surface area contributed by atoms with E-state index in [0.29, 0.717) is 28.6 Å². The van der Waals surface area contributed by atoms with Crippen molar-refractivity contribution in [1.82, 2.24) is 9.97 Å². The number of benzene rings is 2. The number of hydrogen-bond acceptors (Lipinski definition) is 6. The third-order valence-electron chi connectivity index (χ3n) is 6.73. The van der Waals surface area contributed by atoms with Crippen molar-refractivity contribution in [3.63, 3.8) is 0 Å². The second-order valence-corrected chi connectivity index (χ2v) is 9.24. The minimum atomic E-state index is -2.92. The van der Waals surface area contributed by atoms with Gasteiger partial charge in [0.15, 0.2) is 0 Å². The third-order valence-corrected chi connectivity index (χ3v) is 6.73. The molecule has 2 heterocycles. The summed E-state index contributed by atoms with van der Waals surface area (Å²) >= 11 is 0. The van der Waals surface area contributed by atoms with Gasteiger partial charge < -0.3 is 20.1 Å². The molecule has 2 aromatic heterocycles. The van der Waals surface area contributed by atoms with Crippen LogP contribution in [0.5, 0.6) is 5.75 Å². The van der Waals surface area contributed by atoms with Gasteiger partial charge in [-0.1, -0.05) is 18.2 Å². The van der Waals surface area contributed by atoms with E-state index < -0.39 is 6.61 Å². The number of anilines is 3. The number of amides is 1. The summed E-state index contributed by atoms with van der Waals surface area (Å²) in [5.74, 6) is 0.459. The first kappa shape index (κ1) is 25.5. The van der Waals surface area contributed by atoms with Crippen LogP contribution >= 0.6 is 0 Å². The molecule has 5 rings (SSSR count). The summed E-state index contributed by atoms with van der Waals surface area (Å²) < 4.78 is 35.5. The van der Waals surface area contributed by atoms with E-state index in [1.165, 1.54) is 12.1 Å².